The highest BCUT2D eigenvalue weighted by Gasteiger charge is 2.49. The molecule has 0 aliphatic heterocycles. The van der Waals surface area contributed by atoms with Crippen molar-refractivity contribution < 1.29 is 8.85 Å². The molecule has 0 aromatic rings. The van der Waals surface area contributed by atoms with Crippen LogP contribution in [0.5, 0.6) is 0 Å². The molecular weight excluding hydrogens is 390 g/mol. The number of rotatable bonds is 15. The summed E-state index contributed by atoms with van der Waals surface area (Å²) < 4.78 is 14.9. The Bertz CT molecular complexity index is 384. The minimum Gasteiger partial charge on any atom is -0.397 e. The van der Waals surface area contributed by atoms with Crippen LogP contribution in [0, 0.1) is 0 Å². The first-order valence-corrected chi connectivity index (χ1v) is 16.8. The molecule has 1 aliphatic rings. The Kier molecular flexibility index (Phi) is 13.6. The van der Waals surface area contributed by atoms with Crippen molar-refractivity contribution in [3.8, 4) is 0 Å². The standard InChI is InChI=1S/C24H53NO2Si2/c1-9-26-28(27-10-2)20-16-12-15-19-25(24-17-13-11-14-18-24)29(21(3)4,22(5)6)23(7)8/h21-24,28H,9-20H2,1-8H3. The molecule has 0 heterocycles. The van der Waals surface area contributed by atoms with E-state index in [0.29, 0.717) is 0 Å². The summed E-state index contributed by atoms with van der Waals surface area (Å²) in [6.45, 7) is 22.3. The molecule has 29 heavy (non-hydrogen) atoms. The Morgan fingerprint density at radius 1 is 0.793 bits per heavy atom. The van der Waals surface area contributed by atoms with Gasteiger partial charge in [0.05, 0.1) is 0 Å². The van der Waals surface area contributed by atoms with Crippen molar-refractivity contribution in [1.29, 1.82) is 0 Å². The van der Waals surface area contributed by atoms with Gasteiger partial charge in [-0.1, -0.05) is 73.6 Å². The van der Waals surface area contributed by atoms with E-state index in [1.165, 1.54) is 64.0 Å². The monoisotopic (exact) mass is 443 g/mol. The molecular formula is C24H53NO2Si2. The Hall–Kier alpha value is 0.314. The van der Waals surface area contributed by atoms with E-state index < -0.39 is 17.5 Å². The number of nitrogens with zero attached hydrogens (tertiary/aromatic N) is 1. The first-order chi connectivity index (χ1) is 13.8. The van der Waals surface area contributed by atoms with Crippen LogP contribution in [-0.2, 0) is 8.85 Å². The zero-order chi connectivity index (χ0) is 21.9. The molecule has 5 heteroatoms. The van der Waals surface area contributed by atoms with Gasteiger partial charge in [-0.25, -0.2) is 0 Å². The van der Waals surface area contributed by atoms with E-state index in [1.54, 1.807) is 0 Å². The lowest BCUT2D eigenvalue weighted by atomic mass is 9.95. The molecule has 0 atom stereocenters. The predicted molar refractivity (Wildman–Crippen MR) is 134 cm³/mol. The third kappa shape index (κ3) is 7.74. The molecule has 1 saturated carbocycles. The molecule has 0 radical (unpaired) electrons. The van der Waals surface area contributed by atoms with Crippen LogP contribution >= 0.6 is 0 Å². The quantitative estimate of drug-likeness (QED) is 0.196. The molecule has 0 saturated heterocycles. The second-order valence-electron chi connectivity index (χ2n) is 10.0. The number of hydrogen-bond acceptors (Lipinski definition) is 3. The van der Waals surface area contributed by atoms with Crippen LogP contribution in [0.2, 0.25) is 22.7 Å². The summed E-state index contributed by atoms with van der Waals surface area (Å²) in [5.74, 6) is 0. The summed E-state index contributed by atoms with van der Waals surface area (Å²) in [6.07, 6.45) is 11.1. The summed E-state index contributed by atoms with van der Waals surface area (Å²) in [7, 11) is -2.98. The summed E-state index contributed by atoms with van der Waals surface area (Å²) >= 11 is 0. The van der Waals surface area contributed by atoms with Crippen LogP contribution in [0.1, 0.15) is 107 Å². The lowest BCUT2D eigenvalue weighted by molar-refractivity contribution is 0.211. The predicted octanol–water partition coefficient (Wildman–Crippen LogP) is 7.26. The minimum absolute atomic E-state index is 0.803. The Balaban J connectivity index is 2.80. The third-order valence-corrected chi connectivity index (χ3v) is 16.8. The highest BCUT2D eigenvalue weighted by Crippen LogP contribution is 2.46. The maximum absolute atomic E-state index is 5.87. The van der Waals surface area contributed by atoms with E-state index in [0.717, 1.165) is 35.9 Å². The maximum Gasteiger partial charge on any atom is 0.321 e. The number of hydrogen-bond donors (Lipinski definition) is 0. The fourth-order valence-corrected chi connectivity index (χ4v) is 15.7. The fraction of sp³-hybridized carbons (Fsp3) is 1.00. The average molecular weight is 444 g/mol. The van der Waals surface area contributed by atoms with Gasteiger partial charge in [-0.05, 0) is 62.3 Å². The molecule has 0 amide bonds. The van der Waals surface area contributed by atoms with Gasteiger partial charge in [0.2, 0.25) is 0 Å². The summed E-state index contributed by atoms with van der Waals surface area (Å²) in [5, 5.41) is 0. The van der Waals surface area contributed by atoms with Crippen LogP contribution in [0.15, 0.2) is 0 Å². The molecule has 0 aromatic heterocycles. The first-order valence-electron chi connectivity index (χ1n) is 12.8. The van der Waals surface area contributed by atoms with E-state index in [9.17, 15) is 0 Å². The topological polar surface area (TPSA) is 21.7 Å². The van der Waals surface area contributed by atoms with Crippen molar-refractivity contribution in [1.82, 2.24) is 4.57 Å². The van der Waals surface area contributed by atoms with Crippen LogP contribution in [-0.4, -0.2) is 47.9 Å². The zero-order valence-electron chi connectivity index (χ0n) is 21.1. The van der Waals surface area contributed by atoms with Gasteiger partial charge in [0, 0.05) is 19.3 Å². The van der Waals surface area contributed by atoms with Crippen LogP contribution < -0.4 is 0 Å². The van der Waals surface area contributed by atoms with Crippen molar-refractivity contribution in [2.75, 3.05) is 19.8 Å². The fourth-order valence-electron chi connectivity index (χ4n) is 6.44. The minimum atomic E-state index is -1.56. The molecule has 1 aliphatic carbocycles. The van der Waals surface area contributed by atoms with Gasteiger partial charge >= 0.3 is 9.28 Å². The van der Waals surface area contributed by atoms with Crippen molar-refractivity contribution in [3.63, 3.8) is 0 Å². The molecule has 174 valence electrons. The first kappa shape index (κ1) is 27.3. The summed E-state index contributed by atoms with van der Waals surface area (Å²) in [6, 6.07) is 2.02. The van der Waals surface area contributed by atoms with Crippen LogP contribution in [0.25, 0.3) is 0 Å². The van der Waals surface area contributed by atoms with Gasteiger partial charge in [0.1, 0.15) is 8.24 Å². The lowest BCUT2D eigenvalue weighted by Gasteiger charge is -2.55. The van der Waals surface area contributed by atoms with Crippen molar-refractivity contribution in [2.24, 2.45) is 0 Å². The smallest absolute Gasteiger partial charge is 0.321 e. The highest BCUT2D eigenvalue weighted by atomic mass is 28.3. The van der Waals surface area contributed by atoms with Gasteiger partial charge < -0.3 is 13.4 Å². The normalized spacial score (nSPS) is 16.9. The van der Waals surface area contributed by atoms with E-state index >= 15 is 0 Å². The molecule has 0 N–H and O–H groups in total. The van der Waals surface area contributed by atoms with Gasteiger partial charge in [-0.15, -0.1) is 0 Å². The highest BCUT2D eigenvalue weighted by molar-refractivity contribution is 6.81. The second-order valence-corrected chi connectivity index (χ2v) is 17.9. The summed E-state index contributed by atoms with van der Waals surface area (Å²) in [4.78, 5) is 0. The van der Waals surface area contributed by atoms with Crippen molar-refractivity contribution in [3.05, 3.63) is 0 Å². The van der Waals surface area contributed by atoms with Crippen molar-refractivity contribution >= 4 is 17.5 Å². The molecule has 0 unspecified atom stereocenters. The van der Waals surface area contributed by atoms with Gasteiger partial charge in [0.15, 0.2) is 0 Å². The Morgan fingerprint density at radius 2 is 1.31 bits per heavy atom. The Morgan fingerprint density at radius 3 is 1.76 bits per heavy atom. The average Bonchev–Trinajstić information content (AvgIpc) is 2.67. The second kappa shape index (κ2) is 14.4. The van der Waals surface area contributed by atoms with E-state index in [4.69, 9.17) is 8.85 Å². The third-order valence-electron chi connectivity index (χ3n) is 7.33. The van der Waals surface area contributed by atoms with Gasteiger partial charge in [0.25, 0.3) is 0 Å². The SMILES string of the molecule is CCO[SiH](CCCCCN(C1CCCCC1)[Si](C(C)C)(C(C)C)C(C)C)OCC. The lowest BCUT2D eigenvalue weighted by Crippen LogP contribution is -2.63. The maximum atomic E-state index is 5.87. The van der Waals surface area contributed by atoms with E-state index in [2.05, 4.69) is 60.0 Å². The zero-order valence-corrected chi connectivity index (χ0v) is 23.3. The van der Waals surface area contributed by atoms with E-state index in [1.807, 2.05) is 0 Å². The molecule has 0 spiro atoms. The van der Waals surface area contributed by atoms with Crippen molar-refractivity contribution in [2.45, 2.75) is 135 Å². The van der Waals surface area contributed by atoms with Crippen LogP contribution in [0.3, 0.4) is 0 Å². The molecule has 1 rings (SSSR count). The molecule has 0 bridgehead atoms. The largest absolute Gasteiger partial charge is 0.397 e. The molecule has 3 nitrogen and oxygen atoms in total. The number of unbranched alkanes of at least 4 members (excludes halogenated alkanes) is 2. The van der Waals surface area contributed by atoms with Gasteiger partial charge in [-0.3, -0.25) is 0 Å². The Labute approximate surface area is 186 Å². The van der Waals surface area contributed by atoms with Gasteiger partial charge in [-0.2, -0.15) is 0 Å². The van der Waals surface area contributed by atoms with E-state index in [-0.39, 0.29) is 0 Å². The van der Waals surface area contributed by atoms with Crippen LogP contribution in [0.4, 0.5) is 0 Å². The molecule has 1 fully saturated rings. The molecule has 0 aromatic carbocycles. The summed E-state index contributed by atoms with van der Waals surface area (Å²) in [5.41, 5.74) is 2.45.